The van der Waals surface area contributed by atoms with E-state index in [1.54, 1.807) is 18.2 Å². The molecular weight excluding hydrogens is 166 g/mol. The summed E-state index contributed by atoms with van der Waals surface area (Å²) < 4.78 is 5.11. The first-order valence-electron chi connectivity index (χ1n) is 3.69. The first-order chi connectivity index (χ1) is 6.27. The minimum absolute atomic E-state index is 0.129. The van der Waals surface area contributed by atoms with E-state index >= 15 is 0 Å². The van der Waals surface area contributed by atoms with Gasteiger partial charge in [0.15, 0.2) is 6.29 Å². The second-order valence-corrected chi connectivity index (χ2v) is 2.41. The van der Waals surface area contributed by atoms with Gasteiger partial charge in [-0.1, -0.05) is 5.92 Å². The third-order valence-electron chi connectivity index (χ3n) is 1.48. The van der Waals surface area contributed by atoms with Gasteiger partial charge in [0.2, 0.25) is 0 Å². The molecule has 66 valence electrons. The number of nitrogens with two attached hydrogens (primary N) is 1. The van der Waals surface area contributed by atoms with Crippen LogP contribution in [0, 0.1) is 12.3 Å². The smallest absolute Gasteiger partial charge is 0.153 e. The molecule has 0 spiro atoms. The molecule has 2 N–H and O–H groups in total. The molecule has 0 amide bonds. The largest absolute Gasteiger partial charge is 0.480 e. The third kappa shape index (κ3) is 2.24. The monoisotopic (exact) mass is 175 g/mol. The highest BCUT2D eigenvalue weighted by atomic mass is 16.5. The number of benzene rings is 1. The summed E-state index contributed by atoms with van der Waals surface area (Å²) in [6, 6.07) is 4.79. The molecule has 0 radical (unpaired) electrons. The number of hydrogen-bond acceptors (Lipinski definition) is 3. The summed E-state index contributed by atoms with van der Waals surface area (Å²) in [6.45, 7) is 0.129. The van der Waals surface area contributed by atoms with Crippen molar-refractivity contribution in [1.82, 2.24) is 0 Å². The highest BCUT2D eigenvalue weighted by Gasteiger charge is 2.01. The molecule has 1 aromatic carbocycles. The van der Waals surface area contributed by atoms with Gasteiger partial charge in [0.05, 0.1) is 5.56 Å². The third-order valence-corrected chi connectivity index (χ3v) is 1.48. The molecule has 0 saturated carbocycles. The Bertz CT molecular complexity index is 352. The van der Waals surface area contributed by atoms with Gasteiger partial charge in [-0.05, 0) is 12.1 Å². The molecule has 0 fully saturated rings. The number of carbonyl (C=O) groups excluding carboxylic acids is 1. The van der Waals surface area contributed by atoms with Crippen molar-refractivity contribution in [2.24, 2.45) is 0 Å². The molecule has 13 heavy (non-hydrogen) atoms. The van der Waals surface area contributed by atoms with Crippen LogP contribution in [0.4, 0.5) is 5.69 Å². The SMILES string of the molecule is C#CCOc1cc(N)ccc1C=O. The summed E-state index contributed by atoms with van der Waals surface area (Å²) in [7, 11) is 0. The average molecular weight is 175 g/mol. The molecule has 0 aliphatic heterocycles. The molecule has 3 heteroatoms. The maximum absolute atomic E-state index is 10.5. The van der Waals surface area contributed by atoms with Crippen LogP contribution in [0.1, 0.15) is 10.4 Å². The summed E-state index contributed by atoms with van der Waals surface area (Å²) >= 11 is 0. The zero-order valence-electron chi connectivity index (χ0n) is 6.99. The molecule has 0 unspecified atom stereocenters. The van der Waals surface area contributed by atoms with E-state index in [0.717, 1.165) is 0 Å². The Kier molecular flexibility index (Phi) is 2.93. The number of terminal acetylenes is 1. The molecule has 3 nitrogen and oxygen atoms in total. The van der Waals surface area contributed by atoms with Gasteiger partial charge in [-0.3, -0.25) is 4.79 Å². The minimum Gasteiger partial charge on any atom is -0.480 e. The summed E-state index contributed by atoms with van der Waals surface area (Å²) in [6.07, 6.45) is 5.71. The lowest BCUT2D eigenvalue weighted by Gasteiger charge is -2.05. The zero-order valence-corrected chi connectivity index (χ0v) is 6.99. The van der Waals surface area contributed by atoms with E-state index in [9.17, 15) is 4.79 Å². The summed E-state index contributed by atoms with van der Waals surface area (Å²) in [5, 5.41) is 0. The summed E-state index contributed by atoms with van der Waals surface area (Å²) in [4.78, 5) is 10.5. The highest BCUT2D eigenvalue weighted by molar-refractivity contribution is 5.80. The van der Waals surface area contributed by atoms with Crippen LogP contribution in [-0.4, -0.2) is 12.9 Å². The van der Waals surface area contributed by atoms with Gasteiger partial charge in [0, 0.05) is 11.8 Å². The summed E-state index contributed by atoms with van der Waals surface area (Å²) in [5.41, 5.74) is 6.49. The number of ether oxygens (including phenoxy) is 1. The lowest BCUT2D eigenvalue weighted by atomic mass is 10.2. The quantitative estimate of drug-likeness (QED) is 0.425. The maximum Gasteiger partial charge on any atom is 0.153 e. The molecule has 0 aliphatic rings. The maximum atomic E-state index is 10.5. The van der Waals surface area contributed by atoms with Crippen molar-refractivity contribution in [3.8, 4) is 18.1 Å². The van der Waals surface area contributed by atoms with Gasteiger partial charge in [-0.25, -0.2) is 0 Å². The van der Waals surface area contributed by atoms with Crippen molar-refractivity contribution in [2.75, 3.05) is 12.3 Å². The molecule has 0 aliphatic carbocycles. The van der Waals surface area contributed by atoms with Crippen LogP contribution in [0.5, 0.6) is 5.75 Å². The molecule has 0 atom stereocenters. The van der Waals surface area contributed by atoms with Crippen LogP contribution < -0.4 is 10.5 Å². The fourth-order valence-electron chi connectivity index (χ4n) is 0.893. The van der Waals surface area contributed by atoms with E-state index in [-0.39, 0.29) is 6.61 Å². The Morgan fingerprint density at radius 2 is 2.38 bits per heavy atom. The first kappa shape index (κ1) is 9.14. The van der Waals surface area contributed by atoms with Crippen molar-refractivity contribution in [3.63, 3.8) is 0 Å². The van der Waals surface area contributed by atoms with E-state index in [2.05, 4.69) is 5.92 Å². The number of hydrogen-bond donors (Lipinski definition) is 1. The zero-order chi connectivity index (χ0) is 9.68. The van der Waals surface area contributed by atoms with E-state index in [4.69, 9.17) is 16.9 Å². The van der Waals surface area contributed by atoms with Crippen molar-refractivity contribution in [2.45, 2.75) is 0 Å². The van der Waals surface area contributed by atoms with Crippen LogP contribution in [-0.2, 0) is 0 Å². The van der Waals surface area contributed by atoms with Gasteiger partial charge in [0.25, 0.3) is 0 Å². The highest BCUT2D eigenvalue weighted by Crippen LogP contribution is 2.19. The molecule has 0 heterocycles. The second kappa shape index (κ2) is 4.17. The first-order valence-corrected chi connectivity index (χ1v) is 3.69. The molecule has 0 bridgehead atoms. The van der Waals surface area contributed by atoms with Crippen LogP contribution >= 0.6 is 0 Å². The van der Waals surface area contributed by atoms with Crippen molar-refractivity contribution >= 4 is 12.0 Å². The Morgan fingerprint density at radius 1 is 1.62 bits per heavy atom. The second-order valence-electron chi connectivity index (χ2n) is 2.41. The van der Waals surface area contributed by atoms with Crippen LogP contribution in [0.2, 0.25) is 0 Å². The Labute approximate surface area is 76.5 Å². The van der Waals surface area contributed by atoms with Crippen molar-refractivity contribution in [1.29, 1.82) is 0 Å². The molecule has 1 aromatic rings. The van der Waals surface area contributed by atoms with Crippen LogP contribution in [0.25, 0.3) is 0 Å². The van der Waals surface area contributed by atoms with Crippen molar-refractivity contribution < 1.29 is 9.53 Å². The summed E-state index contributed by atoms with van der Waals surface area (Å²) in [5.74, 6) is 2.73. The van der Waals surface area contributed by atoms with Gasteiger partial charge < -0.3 is 10.5 Å². The van der Waals surface area contributed by atoms with Crippen LogP contribution in [0.3, 0.4) is 0 Å². The fraction of sp³-hybridized carbons (Fsp3) is 0.100. The Morgan fingerprint density at radius 3 is 3.00 bits per heavy atom. The Hall–Kier alpha value is -1.95. The average Bonchev–Trinajstić information content (AvgIpc) is 2.15. The molecule has 0 aromatic heterocycles. The molecule has 1 rings (SSSR count). The van der Waals surface area contributed by atoms with Gasteiger partial charge in [0.1, 0.15) is 12.4 Å². The van der Waals surface area contributed by atoms with Gasteiger partial charge >= 0.3 is 0 Å². The van der Waals surface area contributed by atoms with E-state index in [1.165, 1.54) is 0 Å². The Balaban J connectivity index is 2.95. The molecular formula is C10H9NO2. The number of aldehydes is 1. The minimum atomic E-state index is 0.129. The number of nitrogen functional groups attached to an aromatic ring is 1. The van der Waals surface area contributed by atoms with E-state index in [0.29, 0.717) is 23.3 Å². The molecule has 0 saturated heterocycles. The van der Waals surface area contributed by atoms with Gasteiger partial charge in [-0.15, -0.1) is 6.42 Å². The van der Waals surface area contributed by atoms with E-state index in [1.807, 2.05) is 0 Å². The number of carbonyl (C=O) groups is 1. The topological polar surface area (TPSA) is 52.3 Å². The lowest BCUT2D eigenvalue weighted by molar-refractivity contribution is 0.112. The fourth-order valence-corrected chi connectivity index (χ4v) is 0.893. The van der Waals surface area contributed by atoms with E-state index < -0.39 is 0 Å². The number of rotatable bonds is 3. The van der Waals surface area contributed by atoms with Crippen molar-refractivity contribution in [3.05, 3.63) is 23.8 Å². The predicted octanol–water partition coefficient (Wildman–Crippen LogP) is 1.09. The number of anilines is 1. The van der Waals surface area contributed by atoms with Crippen LogP contribution in [0.15, 0.2) is 18.2 Å². The lowest BCUT2D eigenvalue weighted by Crippen LogP contribution is -1.98. The predicted molar refractivity (Wildman–Crippen MR) is 50.6 cm³/mol. The standard InChI is InChI=1S/C10H9NO2/c1-2-5-13-10-6-9(11)4-3-8(10)7-12/h1,3-4,6-7H,5,11H2. The van der Waals surface area contributed by atoms with Gasteiger partial charge in [-0.2, -0.15) is 0 Å². The normalized spacial score (nSPS) is 8.85.